The van der Waals surface area contributed by atoms with Crippen molar-refractivity contribution in [3.05, 3.63) is 89.0 Å². The Morgan fingerprint density at radius 1 is 0.789 bits per heavy atom. The SMILES string of the molecule is COc1cccc(C(=O)/C=C/c2c(/C=C/c3ccc(OCC4CCCCC4)cc3)cc(OC)cc2OC)c1. The molecule has 1 saturated carbocycles. The maximum atomic E-state index is 12.8. The summed E-state index contributed by atoms with van der Waals surface area (Å²) in [4.78, 5) is 12.8. The number of ketones is 1. The van der Waals surface area contributed by atoms with Crippen LogP contribution in [0.2, 0.25) is 0 Å². The number of rotatable bonds is 11. The van der Waals surface area contributed by atoms with E-state index in [1.165, 1.54) is 32.1 Å². The quantitative estimate of drug-likeness (QED) is 0.149. The molecule has 0 bridgehead atoms. The highest BCUT2D eigenvalue weighted by molar-refractivity contribution is 6.07. The summed E-state index contributed by atoms with van der Waals surface area (Å²) in [5.74, 6) is 3.37. The fraction of sp³-hybridized carbons (Fsp3) is 0.303. The van der Waals surface area contributed by atoms with Crippen molar-refractivity contribution in [2.45, 2.75) is 32.1 Å². The summed E-state index contributed by atoms with van der Waals surface area (Å²) in [7, 11) is 4.81. The van der Waals surface area contributed by atoms with Gasteiger partial charge in [0.15, 0.2) is 5.78 Å². The topological polar surface area (TPSA) is 54.0 Å². The van der Waals surface area contributed by atoms with Crippen LogP contribution in [0.1, 0.15) is 59.2 Å². The highest BCUT2D eigenvalue weighted by Gasteiger charge is 2.14. The molecule has 0 atom stereocenters. The maximum Gasteiger partial charge on any atom is 0.185 e. The summed E-state index contributed by atoms with van der Waals surface area (Å²) in [5.41, 5.74) is 3.25. The molecule has 0 aromatic heterocycles. The largest absolute Gasteiger partial charge is 0.497 e. The maximum absolute atomic E-state index is 12.8. The van der Waals surface area contributed by atoms with Crippen LogP contribution in [-0.2, 0) is 0 Å². The Kier molecular flexibility index (Phi) is 9.63. The zero-order valence-electron chi connectivity index (χ0n) is 22.4. The summed E-state index contributed by atoms with van der Waals surface area (Å²) < 4.78 is 22.4. The van der Waals surface area contributed by atoms with Crippen molar-refractivity contribution in [2.24, 2.45) is 5.92 Å². The Bertz CT molecular complexity index is 1270. The summed E-state index contributed by atoms with van der Waals surface area (Å²) >= 11 is 0. The third-order valence-corrected chi connectivity index (χ3v) is 6.90. The highest BCUT2D eigenvalue weighted by atomic mass is 16.5. The van der Waals surface area contributed by atoms with E-state index < -0.39 is 0 Å². The zero-order chi connectivity index (χ0) is 26.7. The van der Waals surface area contributed by atoms with Crippen LogP contribution in [0.25, 0.3) is 18.2 Å². The standard InChI is InChI=1S/C33H36O5/c1-35-29-11-7-10-27(21-29)32(34)19-18-31-26(20-30(36-2)22-33(31)37-3)15-12-24-13-16-28(17-14-24)38-23-25-8-5-4-6-9-25/h7,10-22,25H,4-6,8-9,23H2,1-3H3/b15-12+,19-18+. The van der Waals surface area contributed by atoms with Gasteiger partial charge in [-0.2, -0.15) is 0 Å². The predicted molar refractivity (Wildman–Crippen MR) is 153 cm³/mol. The van der Waals surface area contributed by atoms with Crippen molar-refractivity contribution in [1.82, 2.24) is 0 Å². The van der Waals surface area contributed by atoms with Crippen LogP contribution < -0.4 is 18.9 Å². The Balaban J connectivity index is 1.52. The van der Waals surface area contributed by atoms with Crippen molar-refractivity contribution in [2.75, 3.05) is 27.9 Å². The fourth-order valence-electron chi connectivity index (χ4n) is 4.69. The Morgan fingerprint density at radius 3 is 2.26 bits per heavy atom. The van der Waals surface area contributed by atoms with Crippen LogP contribution >= 0.6 is 0 Å². The van der Waals surface area contributed by atoms with Gasteiger partial charge in [-0.25, -0.2) is 0 Å². The second-order valence-electron chi connectivity index (χ2n) is 9.48. The van der Waals surface area contributed by atoms with Crippen LogP contribution in [0.15, 0.2) is 66.7 Å². The van der Waals surface area contributed by atoms with E-state index in [1.807, 2.05) is 54.6 Å². The lowest BCUT2D eigenvalue weighted by molar-refractivity contribution is 0.104. The van der Waals surface area contributed by atoms with Crippen molar-refractivity contribution >= 4 is 24.0 Å². The number of carbonyl (C=O) groups excluding carboxylic acids is 1. The molecule has 1 aliphatic rings. The predicted octanol–water partition coefficient (Wildman–Crippen LogP) is 7.74. The van der Waals surface area contributed by atoms with Crippen molar-refractivity contribution in [1.29, 1.82) is 0 Å². The van der Waals surface area contributed by atoms with E-state index in [9.17, 15) is 4.79 Å². The van der Waals surface area contributed by atoms with Gasteiger partial charge in [-0.3, -0.25) is 4.79 Å². The van der Waals surface area contributed by atoms with Gasteiger partial charge in [-0.1, -0.05) is 55.7 Å². The highest BCUT2D eigenvalue weighted by Crippen LogP contribution is 2.32. The van der Waals surface area contributed by atoms with E-state index in [-0.39, 0.29) is 5.78 Å². The van der Waals surface area contributed by atoms with Crippen LogP contribution in [0.4, 0.5) is 0 Å². The molecule has 38 heavy (non-hydrogen) atoms. The molecule has 0 N–H and O–H groups in total. The number of methoxy groups -OCH3 is 3. The molecule has 0 spiro atoms. The number of carbonyl (C=O) groups is 1. The minimum absolute atomic E-state index is 0.125. The van der Waals surface area contributed by atoms with Gasteiger partial charge >= 0.3 is 0 Å². The summed E-state index contributed by atoms with van der Waals surface area (Å²) in [5, 5.41) is 0. The van der Waals surface area contributed by atoms with Crippen molar-refractivity contribution < 1.29 is 23.7 Å². The van der Waals surface area contributed by atoms with Gasteiger partial charge < -0.3 is 18.9 Å². The second-order valence-corrected chi connectivity index (χ2v) is 9.48. The minimum atomic E-state index is -0.125. The molecular weight excluding hydrogens is 476 g/mol. The molecule has 0 radical (unpaired) electrons. The Labute approximate surface area is 225 Å². The molecule has 198 valence electrons. The first-order chi connectivity index (χ1) is 18.6. The number of allylic oxidation sites excluding steroid dienone is 1. The normalized spacial score (nSPS) is 14.1. The molecule has 4 rings (SSSR count). The Morgan fingerprint density at radius 2 is 1.55 bits per heavy atom. The molecule has 0 heterocycles. The average Bonchev–Trinajstić information content (AvgIpc) is 2.98. The van der Waals surface area contributed by atoms with Crippen LogP contribution in [0.3, 0.4) is 0 Å². The smallest absolute Gasteiger partial charge is 0.185 e. The summed E-state index contributed by atoms with van der Waals surface area (Å²) in [6, 6.07) is 19.0. The molecule has 5 heteroatoms. The fourth-order valence-corrected chi connectivity index (χ4v) is 4.69. The number of hydrogen-bond donors (Lipinski definition) is 0. The van der Waals surface area contributed by atoms with Gasteiger partial charge in [0.2, 0.25) is 0 Å². The first-order valence-corrected chi connectivity index (χ1v) is 13.1. The van der Waals surface area contributed by atoms with E-state index in [1.54, 1.807) is 51.7 Å². The zero-order valence-corrected chi connectivity index (χ0v) is 22.4. The van der Waals surface area contributed by atoms with Gasteiger partial charge in [0.25, 0.3) is 0 Å². The van der Waals surface area contributed by atoms with Crippen LogP contribution in [-0.4, -0.2) is 33.7 Å². The van der Waals surface area contributed by atoms with Crippen LogP contribution in [0, 0.1) is 5.92 Å². The minimum Gasteiger partial charge on any atom is -0.497 e. The lowest BCUT2D eigenvalue weighted by Crippen LogP contribution is -2.15. The van der Waals surface area contributed by atoms with E-state index in [2.05, 4.69) is 0 Å². The Hall–Kier alpha value is -3.99. The third-order valence-electron chi connectivity index (χ3n) is 6.90. The first kappa shape index (κ1) is 27.1. The molecule has 0 amide bonds. The van der Waals surface area contributed by atoms with E-state index in [0.29, 0.717) is 28.7 Å². The lowest BCUT2D eigenvalue weighted by atomic mass is 9.90. The lowest BCUT2D eigenvalue weighted by Gasteiger charge is -2.21. The molecule has 1 aliphatic carbocycles. The van der Waals surface area contributed by atoms with Gasteiger partial charge in [-0.15, -0.1) is 0 Å². The van der Waals surface area contributed by atoms with Gasteiger partial charge in [0.1, 0.15) is 23.0 Å². The molecular formula is C33H36O5. The van der Waals surface area contributed by atoms with E-state index >= 15 is 0 Å². The average molecular weight is 513 g/mol. The molecule has 1 fully saturated rings. The second kappa shape index (κ2) is 13.5. The molecule has 0 aliphatic heterocycles. The molecule has 5 nitrogen and oxygen atoms in total. The number of benzene rings is 3. The monoisotopic (exact) mass is 512 g/mol. The van der Waals surface area contributed by atoms with Crippen LogP contribution in [0.5, 0.6) is 23.0 Å². The first-order valence-electron chi connectivity index (χ1n) is 13.1. The van der Waals surface area contributed by atoms with Crippen molar-refractivity contribution in [3.63, 3.8) is 0 Å². The van der Waals surface area contributed by atoms with Gasteiger partial charge in [-0.05, 0) is 72.4 Å². The summed E-state index contributed by atoms with van der Waals surface area (Å²) in [6.07, 6.45) is 13.9. The van der Waals surface area contributed by atoms with E-state index in [4.69, 9.17) is 18.9 Å². The molecule has 0 unspecified atom stereocenters. The third kappa shape index (κ3) is 7.28. The number of ether oxygens (including phenoxy) is 4. The van der Waals surface area contributed by atoms with Gasteiger partial charge in [0, 0.05) is 17.2 Å². The summed E-state index contributed by atoms with van der Waals surface area (Å²) in [6.45, 7) is 0.795. The van der Waals surface area contributed by atoms with E-state index in [0.717, 1.165) is 29.0 Å². The van der Waals surface area contributed by atoms with Gasteiger partial charge in [0.05, 0.1) is 27.9 Å². The van der Waals surface area contributed by atoms with Crippen molar-refractivity contribution in [3.8, 4) is 23.0 Å². The molecule has 3 aromatic carbocycles. The number of hydrogen-bond acceptors (Lipinski definition) is 5. The molecule has 3 aromatic rings. The molecule has 0 saturated heterocycles.